The van der Waals surface area contributed by atoms with Crippen LogP contribution >= 0.6 is 0 Å². The third kappa shape index (κ3) is 5.77. The fraction of sp³-hybridized carbons (Fsp3) is 0.250. The summed E-state index contributed by atoms with van der Waals surface area (Å²) in [4.78, 5) is 47.2. The van der Waals surface area contributed by atoms with E-state index in [1.807, 2.05) is 30.3 Å². The van der Waals surface area contributed by atoms with Crippen molar-refractivity contribution >= 4 is 29.4 Å². The molecule has 2 heterocycles. The van der Waals surface area contributed by atoms with E-state index in [4.69, 9.17) is 9.15 Å². The highest BCUT2D eigenvalue weighted by Gasteiger charge is 2.22. The Morgan fingerprint density at radius 1 is 1.03 bits per heavy atom. The summed E-state index contributed by atoms with van der Waals surface area (Å²) in [6, 6.07) is 12.5. The summed E-state index contributed by atoms with van der Waals surface area (Å²) in [5.41, 5.74) is 1.73. The fourth-order valence-corrected chi connectivity index (χ4v) is 2.63. The Balaban J connectivity index is 1.34. The maximum Gasteiger partial charge on any atom is 0.325 e. The minimum absolute atomic E-state index is 0.0701. The van der Waals surface area contributed by atoms with E-state index in [0.717, 1.165) is 11.3 Å². The molecule has 0 atom stereocenters. The van der Waals surface area contributed by atoms with Crippen molar-refractivity contribution in [3.63, 3.8) is 0 Å². The highest BCUT2D eigenvalue weighted by atomic mass is 16.5. The number of furan rings is 1. The topological polar surface area (TPSA) is 130 Å². The highest BCUT2D eigenvalue weighted by molar-refractivity contribution is 6.02. The summed E-state index contributed by atoms with van der Waals surface area (Å²) in [5.74, 6) is -2.30. The number of rotatable bonds is 8. The molecule has 0 radical (unpaired) electrons. The first kappa shape index (κ1) is 20.8. The molecule has 10 nitrogen and oxygen atoms in total. The SMILES string of the molecule is O=C(CNC(=O)c1ccco1)NCC(=O)OCC(=O)N1CCC(c2ccccc2)=N1. The van der Waals surface area contributed by atoms with Gasteiger partial charge in [-0.1, -0.05) is 30.3 Å². The van der Waals surface area contributed by atoms with Gasteiger partial charge in [-0.05, 0) is 17.7 Å². The molecule has 0 unspecified atom stereocenters. The lowest BCUT2D eigenvalue weighted by molar-refractivity contribution is -0.151. The molecule has 30 heavy (non-hydrogen) atoms. The molecular formula is C20H20N4O6. The van der Waals surface area contributed by atoms with Crippen LogP contribution in [0.15, 0.2) is 58.2 Å². The summed E-state index contributed by atoms with van der Waals surface area (Å²) in [5, 5.41) is 10.2. The van der Waals surface area contributed by atoms with Crippen molar-refractivity contribution in [3.05, 3.63) is 60.1 Å². The third-order valence-corrected chi connectivity index (χ3v) is 4.14. The van der Waals surface area contributed by atoms with E-state index in [9.17, 15) is 19.2 Å². The van der Waals surface area contributed by atoms with E-state index >= 15 is 0 Å². The number of ether oxygens (including phenoxy) is 1. The van der Waals surface area contributed by atoms with Crippen LogP contribution in [-0.2, 0) is 19.1 Å². The first-order chi connectivity index (χ1) is 14.5. The van der Waals surface area contributed by atoms with Crippen LogP contribution < -0.4 is 10.6 Å². The maximum absolute atomic E-state index is 12.2. The van der Waals surface area contributed by atoms with Crippen LogP contribution in [0.25, 0.3) is 0 Å². The monoisotopic (exact) mass is 412 g/mol. The van der Waals surface area contributed by atoms with Crippen LogP contribution in [0.4, 0.5) is 0 Å². The predicted molar refractivity (Wildman–Crippen MR) is 104 cm³/mol. The normalized spacial score (nSPS) is 12.8. The molecular weight excluding hydrogens is 392 g/mol. The Morgan fingerprint density at radius 2 is 1.83 bits per heavy atom. The molecule has 2 N–H and O–H groups in total. The lowest BCUT2D eigenvalue weighted by atomic mass is 10.1. The molecule has 1 aromatic carbocycles. The van der Waals surface area contributed by atoms with Gasteiger partial charge >= 0.3 is 5.97 Å². The van der Waals surface area contributed by atoms with Crippen LogP contribution in [-0.4, -0.2) is 60.7 Å². The van der Waals surface area contributed by atoms with Crippen LogP contribution in [0.2, 0.25) is 0 Å². The molecule has 3 amide bonds. The van der Waals surface area contributed by atoms with Gasteiger partial charge in [-0.25, -0.2) is 5.01 Å². The van der Waals surface area contributed by atoms with Crippen molar-refractivity contribution < 1.29 is 28.3 Å². The molecule has 0 bridgehead atoms. The van der Waals surface area contributed by atoms with Crippen molar-refractivity contribution in [1.29, 1.82) is 0 Å². The summed E-state index contributed by atoms with van der Waals surface area (Å²) >= 11 is 0. The molecule has 2 aromatic rings. The van der Waals surface area contributed by atoms with E-state index in [0.29, 0.717) is 13.0 Å². The van der Waals surface area contributed by atoms with E-state index in [-0.39, 0.29) is 12.3 Å². The highest BCUT2D eigenvalue weighted by Crippen LogP contribution is 2.13. The van der Waals surface area contributed by atoms with Crippen LogP contribution in [0.3, 0.4) is 0 Å². The van der Waals surface area contributed by atoms with Crippen molar-refractivity contribution in [2.45, 2.75) is 6.42 Å². The number of benzene rings is 1. The summed E-state index contributed by atoms with van der Waals surface area (Å²) in [6.45, 7) is -0.833. The quantitative estimate of drug-likeness (QED) is 0.600. The van der Waals surface area contributed by atoms with Gasteiger partial charge in [0.2, 0.25) is 5.91 Å². The first-order valence-electron chi connectivity index (χ1n) is 9.20. The number of carbonyl (C=O) groups excluding carboxylic acids is 4. The Kier molecular flexibility index (Phi) is 6.93. The molecule has 1 aliphatic rings. The van der Waals surface area contributed by atoms with Crippen LogP contribution in [0, 0.1) is 0 Å². The Morgan fingerprint density at radius 3 is 2.57 bits per heavy atom. The minimum atomic E-state index is -0.777. The van der Waals surface area contributed by atoms with E-state index in [2.05, 4.69) is 15.7 Å². The maximum atomic E-state index is 12.2. The standard InChI is InChI=1S/C20H20N4O6/c25-17(11-22-20(28)16-7-4-10-29-16)21-12-19(27)30-13-18(26)24-9-8-15(23-24)14-5-2-1-3-6-14/h1-7,10H,8-9,11-13H2,(H,21,25)(H,22,28). The zero-order valence-corrected chi connectivity index (χ0v) is 16.0. The summed E-state index contributed by atoms with van der Waals surface area (Å²) in [7, 11) is 0. The third-order valence-electron chi connectivity index (χ3n) is 4.14. The van der Waals surface area contributed by atoms with E-state index < -0.39 is 36.8 Å². The number of esters is 1. The molecule has 3 rings (SSSR count). The van der Waals surface area contributed by atoms with Gasteiger partial charge < -0.3 is 19.8 Å². The van der Waals surface area contributed by atoms with Crippen molar-refractivity contribution in [2.75, 3.05) is 26.2 Å². The Hall–Kier alpha value is -3.95. The van der Waals surface area contributed by atoms with Gasteiger partial charge in [0.25, 0.3) is 11.8 Å². The zero-order chi connectivity index (χ0) is 21.3. The lowest BCUT2D eigenvalue weighted by Crippen LogP contribution is -2.40. The van der Waals surface area contributed by atoms with Gasteiger partial charge in [-0.15, -0.1) is 0 Å². The second kappa shape index (κ2) is 10.0. The smallest absolute Gasteiger partial charge is 0.325 e. The van der Waals surface area contributed by atoms with E-state index in [1.54, 1.807) is 6.07 Å². The molecule has 0 spiro atoms. The number of nitrogens with zero attached hydrogens (tertiary/aromatic N) is 2. The van der Waals surface area contributed by atoms with E-state index in [1.165, 1.54) is 17.3 Å². The van der Waals surface area contributed by atoms with Crippen molar-refractivity contribution in [3.8, 4) is 0 Å². The largest absolute Gasteiger partial charge is 0.459 e. The number of hydrogen-bond donors (Lipinski definition) is 2. The Bertz CT molecular complexity index is 939. The average Bonchev–Trinajstić information content (AvgIpc) is 3.47. The number of hydrogen-bond acceptors (Lipinski definition) is 7. The zero-order valence-electron chi connectivity index (χ0n) is 16.0. The number of nitrogens with one attached hydrogen (secondary N) is 2. The minimum Gasteiger partial charge on any atom is -0.459 e. The second-order valence-corrected chi connectivity index (χ2v) is 6.28. The molecule has 0 fully saturated rings. The van der Waals surface area contributed by atoms with Gasteiger partial charge in [-0.3, -0.25) is 19.2 Å². The number of amides is 3. The molecule has 0 saturated carbocycles. The first-order valence-corrected chi connectivity index (χ1v) is 9.20. The lowest BCUT2D eigenvalue weighted by Gasteiger charge is -2.12. The molecule has 1 aromatic heterocycles. The fourth-order valence-electron chi connectivity index (χ4n) is 2.63. The summed E-state index contributed by atoms with van der Waals surface area (Å²) in [6.07, 6.45) is 1.95. The predicted octanol–water partition coefficient (Wildman–Crippen LogP) is 0.305. The average molecular weight is 412 g/mol. The van der Waals surface area contributed by atoms with Gasteiger partial charge in [-0.2, -0.15) is 5.10 Å². The van der Waals surface area contributed by atoms with Gasteiger partial charge in [0, 0.05) is 6.42 Å². The molecule has 1 aliphatic heterocycles. The van der Waals surface area contributed by atoms with Gasteiger partial charge in [0.1, 0.15) is 6.54 Å². The molecule has 0 saturated heterocycles. The molecule has 156 valence electrons. The van der Waals surface area contributed by atoms with Crippen LogP contribution in [0.5, 0.6) is 0 Å². The molecule has 10 heteroatoms. The second-order valence-electron chi connectivity index (χ2n) is 6.28. The van der Waals surface area contributed by atoms with Gasteiger partial charge in [0.05, 0.1) is 25.1 Å². The molecule has 0 aliphatic carbocycles. The van der Waals surface area contributed by atoms with Gasteiger partial charge in [0.15, 0.2) is 12.4 Å². The van der Waals surface area contributed by atoms with Crippen molar-refractivity contribution in [1.82, 2.24) is 15.6 Å². The van der Waals surface area contributed by atoms with Crippen molar-refractivity contribution in [2.24, 2.45) is 5.10 Å². The van der Waals surface area contributed by atoms with Crippen LogP contribution in [0.1, 0.15) is 22.5 Å². The Labute approximate surface area is 171 Å². The summed E-state index contributed by atoms with van der Waals surface area (Å²) < 4.78 is 9.77. The number of hydrazone groups is 1. The number of carbonyl (C=O) groups is 4.